The molecule has 30 heavy (non-hydrogen) atoms. The molecule has 1 aliphatic heterocycles. The lowest BCUT2D eigenvalue weighted by atomic mass is 9.85. The summed E-state index contributed by atoms with van der Waals surface area (Å²) in [7, 11) is 0. The van der Waals surface area contributed by atoms with Gasteiger partial charge in [-0.25, -0.2) is 4.98 Å². The van der Waals surface area contributed by atoms with Crippen molar-refractivity contribution in [3.05, 3.63) is 46.9 Å². The number of benzene rings is 1. The number of rotatable bonds is 4. The number of imide groups is 1. The number of carbonyl (C=O) groups excluding carboxylic acids is 3. The minimum atomic E-state index is -0.383. The Morgan fingerprint density at radius 3 is 2.60 bits per heavy atom. The van der Waals surface area contributed by atoms with Crippen LogP contribution in [0.1, 0.15) is 24.0 Å². The molecule has 4 atom stereocenters. The average molecular weight is 420 g/mol. The quantitative estimate of drug-likeness (QED) is 0.610. The second kappa shape index (κ2) is 6.60. The Morgan fingerprint density at radius 2 is 1.83 bits per heavy atom. The standard InChI is InChI=1S/C23H21N3O3S/c27-18(10-26-21(28)19-15-6-7-16(9-15)20(19)22(26)29)25-23-24-17(11-30-23)14-5-4-12-2-1-3-13(12)8-14/h4-8,11,15-16,19-20H,1-3,9-10H2,(H,24,25,27). The number of nitrogens with one attached hydrogen (secondary N) is 1. The second-order valence-electron chi connectivity index (χ2n) is 8.69. The van der Waals surface area contributed by atoms with Crippen molar-refractivity contribution in [1.29, 1.82) is 0 Å². The van der Waals surface area contributed by atoms with Gasteiger partial charge in [-0.15, -0.1) is 11.3 Å². The average Bonchev–Trinajstić information content (AvgIpc) is 3.54. The van der Waals surface area contributed by atoms with E-state index >= 15 is 0 Å². The lowest BCUT2D eigenvalue weighted by molar-refractivity contribution is -0.143. The van der Waals surface area contributed by atoms with Crippen LogP contribution in [0.5, 0.6) is 0 Å². The van der Waals surface area contributed by atoms with Gasteiger partial charge in [0.15, 0.2) is 5.13 Å². The number of amides is 3. The Balaban J connectivity index is 1.14. The molecule has 4 aliphatic rings. The van der Waals surface area contributed by atoms with Crippen LogP contribution >= 0.6 is 11.3 Å². The molecule has 2 bridgehead atoms. The van der Waals surface area contributed by atoms with E-state index in [0.29, 0.717) is 5.13 Å². The molecule has 1 aromatic carbocycles. The van der Waals surface area contributed by atoms with Crippen LogP contribution in [0.4, 0.5) is 5.13 Å². The molecule has 1 saturated carbocycles. The van der Waals surface area contributed by atoms with Crippen molar-refractivity contribution in [1.82, 2.24) is 9.88 Å². The van der Waals surface area contributed by atoms with E-state index in [2.05, 4.69) is 40.7 Å². The number of allylic oxidation sites excluding steroid dienone is 2. The summed E-state index contributed by atoms with van der Waals surface area (Å²) in [6.45, 7) is -0.238. The van der Waals surface area contributed by atoms with Gasteiger partial charge in [-0.05, 0) is 54.7 Å². The molecule has 0 spiro atoms. The fraction of sp³-hybridized carbons (Fsp3) is 0.391. The van der Waals surface area contributed by atoms with Crippen LogP contribution in [0.15, 0.2) is 35.7 Å². The highest BCUT2D eigenvalue weighted by Gasteiger charge is 2.59. The summed E-state index contributed by atoms with van der Waals surface area (Å²) in [4.78, 5) is 43.7. The van der Waals surface area contributed by atoms with E-state index in [0.717, 1.165) is 35.4 Å². The maximum atomic E-state index is 12.7. The molecule has 3 aliphatic carbocycles. The van der Waals surface area contributed by atoms with Crippen LogP contribution in [0.25, 0.3) is 11.3 Å². The number of carbonyl (C=O) groups is 3. The highest BCUT2D eigenvalue weighted by molar-refractivity contribution is 7.14. The largest absolute Gasteiger partial charge is 0.300 e. The van der Waals surface area contributed by atoms with Crippen molar-refractivity contribution >= 4 is 34.2 Å². The maximum Gasteiger partial charge on any atom is 0.246 e. The number of hydrogen-bond acceptors (Lipinski definition) is 5. The first-order valence-electron chi connectivity index (χ1n) is 10.5. The third-order valence-corrected chi connectivity index (χ3v) is 7.77. The summed E-state index contributed by atoms with van der Waals surface area (Å²) in [5.74, 6) is -1.02. The number of nitrogens with zero attached hydrogens (tertiary/aromatic N) is 2. The Labute approximate surface area is 178 Å². The van der Waals surface area contributed by atoms with Gasteiger partial charge in [0.2, 0.25) is 17.7 Å². The Morgan fingerprint density at radius 1 is 1.10 bits per heavy atom. The molecule has 3 amide bonds. The van der Waals surface area contributed by atoms with Gasteiger partial charge < -0.3 is 5.32 Å². The molecule has 6 rings (SSSR count). The summed E-state index contributed by atoms with van der Waals surface area (Å²) in [5, 5.41) is 5.17. The first-order chi connectivity index (χ1) is 14.6. The van der Waals surface area contributed by atoms with E-state index in [4.69, 9.17) is 0 Å². The molecule has 2 aromatic rings. The van der Waals surface area contributed by atoms with E-state index in [1.54, 1.807) is 0 Å². The number of anilines is 1. The molecule has 152 valence electrons. The van der Waals surface area contributed by atoms with Crippen LogP contribution in [-0.4, -0.2) is 34.2 Å². The second-order valence-corrected chi connectivity index (χ2v) is 9.54. The zero-order valence-electron chi connectivity index (χ0n) is 16.3. The van der Waals surface area contributed by atoms with E-state index in [1.807, 2.05) is 5.38 Å². The van der Waals surface area contributed by atoms with Crippen LogP contribution in [0.2, 0.25) is 0 Å². The van der Waals surface area contributed by atoms with Gasteiger partial charge in [-0.3, -0.25) is 19.3 Å². The predicted molar refractivity (Wildman–Crippen MR) is 113 cm³/mol. The number of likely N-dealkylation sites (tertiary alicyclic amines) is 1. The van der Waals surface area contributed by atoms with Crippen LogP contribution < -0.4 is 5.32 Å². The third-order valence-electron chi connectivity index (χ3n) is 7.01. The first-order valence-corrected chi connectivity index (χ1v) is 11.4. The first kappa shape index (κ1) is 18.0. The topological polar surface area (TPSA) is 79.4 Å². The molecule has 6 nitrogen and oxygen atoms in total. The van der Waals surface area contributed by atoms with Crippen LogP contribution in [0.3, 0.4) is 0 Å². The van der Waals surface area contributed by atoms with Gasteiger partial charge in [0.25, 0.3) is 0 Å². The fourth-order valence-corrected chi connectivity index (χ4v) is 6.35. The normalized spacial score (nSPS) is 28.3. The number of thiazole rings is 1. The van der Waals surface area contributed by atoms with Crippen molar-refractivity contribution in [2.45, 2.75) is 25.7 Å². The molecule has 7 heteroatoms. The number of fused-ring (bicyclic) bond motifs is 6. The Kier molecular flexibility index (Phi) is 3.96. The highest BCUT2D eigenvalue weighted by atomic mass is 32.1. The smallest absolute Gasteiger partial charge is 0.246 e. The summed E-state index contributed by atoms with van der Waals surface area (Å²) in [6.07, 6.45) is 8.43. The van der Waals surface area contributed by atoms with Gasteiger partial charge in [0, 0.05) is 10.9 Å². The Bertz CT molecular complexity index is 1090. The molecular weight excluding hydrogens is 398 g/mol. The molecule has 1 saturated heterocycles. The predicted octanol–water partition coefficient (Wildman–Crippen LogP) is 3.04. The molecule has 2 fully saturated rings. The lowest BCUT2D eigenvalue weighted by Gasteiger charge is -2.16. The third kappa shape index (κ3) is 2.68. The van der Waals surface area contributed by atoms with Crippen LogP contribution in [0, 0.1) is 23.7 Å². The lowest BCUT2D eigenvalue weighted by Crippen LogP contribution is -2.39. The van der Waals surface area contributed by atoms with Gasteiger partial charge in [0.05, 0.1) is 17.5 Å². The van der Waals surface area contributed by atoms with E-state index in [-0.39, 0.29) is 47.9 Å². The summed E-state index contributed by atoms with van der Waals surface area (Å²) < 4.78 is 0. The molecule has 2 heterocycles. The van der Waals surface area contributed by atoms with Gasteiger partial charge >= 0.3 is 0 Å². The summed E-state index contributed by atoms with van der Waals surface area (Å²) >= 11 is 1.35. The molecule has 0 radical (unpaired) electrons. The number of aromatic nitrogens is 1. The van der Waals surface area contributed by atoms with Crippen molar-refractivity contribution in [2.75, 3.05) is 11.9 Å². The fourth-order valence-electron chi connectivity index (χ4n) is 5.62. The molecule has 1 aromatic heterocycles. The molecule has 4 unspecified atom stereocenters. The minimum absolute atomic E-state index is 0.151. The number of hydrogen-bond donors (Lipinski definition) is 1. The maximum absolute atomic E-state index is 12.7. The van der Waals surface area contributed by atoms with Gasteiger partial charge in [0.1, 0.15) is 6.54 Å². The van der Waals surface area contributed by atoms with Crippen molar-refractivity contribution in [2.24, 2.45) is 23.7 Å². The SMILES string of the molecule is O=C(CN1C(=O)C2C3C=CC(C3)C2C1=O)Nc1nc(-c2ccc3c(c2)CCC3)cs1. The zero-order valence-corrected chi connectivity index (χ0v) is 17.2. The summed E-state index contributed by atoms with van der Waals surface area (Å²) in [5.41, 5.74) is 4.67. The minimum Gasteiger partial charge on any atom is -0.300 e. The summed E-state index contributed by atoms with van der Waals surface area (Å²) in [6, 6.07) is 6.43. The molecule has 1 N–H and O–H groups in total. The Hall–Kier alpha value is -2.80. The van der Waals surface area contributed by atoms with Crippen molar-refractivity contribution < 1.29 is 14.4 Å². The van der Waals surface area contributed by atoms with E-state index in [1.165, 1.54) is 28.9 Å². The molecular formula is C23H21N3O3S. The van der Waals surface area contributed by atoms with E-state index in [9.17, 15) is 14.4 Å². The van der Waals surface area contributed by atoms with Gasteiger partial charge in [-0.2, -0.15) is 0 Å². The highest BCUT2D eigenvalue weighted by Crippen LogP contribution is 2.52. The zero-order chi connectivity index (χ0) is 20.4. The van der Waals surface area contributed by atoms with E-state index < -0.39 is 0 Å². The number of aryl methyl sites for hydroxylation is 2. The van der Waals surface area contributed by atoms with Crippen LogP contribution in [-0.2, 0) is 27.2 Å². The van der Waals surface area contributed by atoms with Crippen molar-refractivity contribution in [3.63, 3.8) is 0 Å². The monoisotopic (exact) mass is 419 g/mol. The van der Waals surface area contributed by atoms with Gasteiger partial charge in [-0.1, -0.05) is 24.3 Å². The van der Waals surface area contributed by atoms with Crippen molar-refractivity contribution in [3.8, 4) is 11.3 Å².